The van der Waals surface area contributed by atoms with Crippen molar-refractivity contribution < 1.29 is 13.9 Å². The number of nitrogens with one attached hydrogen (secondary N) is 1. The molecule has 2 aromatic rings. The van der Waals surface area contributed by atoms with Crippen LogP contribution < -0.4 is 5.32 Å². The van der Waals surface area contributed by atoms with Crippen molar-refractivity contribution in [2.45, 2.75) is 64.0 Å². The first kappa shape index (κ1) is 24.6. The van der Waals surface area contributed by atoms with Gasteiger partial charge in [0.25, 0.3) is 0 Å². The Morgan fingerprint density at radius 2 is 2.16 bits per heavy atom. The van der Waals surface area contributed by atoms with Gasteiger partial charge in [0.1, 0.15) is 5.76 Å². The number of piperidine rings is 1. The first-order valence-corrected chi connectivity index (χ1v) is 11.5. The summed E-state index contributed by atoms with van der Waals surface area (Å²) >= 11 is 0. The molecule has 9 heteroatoms. The van der Waals surface area contributed by atoms with Crippen molar-refractivity contribution in [3.8, 4) is 0 Å². The summed E-state index contributed by atoms with van der Waals surface area (Å²) < 4.78 is 12.5. The highest BCUT2D eigenvalue weighted by atomic mass is 127. The summed E-state index contributed by atoms with van der Waals surface area (Å²) in [6.07, 6.45) is 13.0. The third-order valence-corrected chi connectivity index (χ3v) is 6.07. The van der Waals surface area contributed by atoms with Crippen LogP contribution in [-0.2, 0) is 11.2 Å². The highest BCUT2D eigenvalue weighted by Crippen LogP contribution is 2.23. The van der Waals surface area contributed by atoms with Crippen molar-refractivity contribution in [3.05, 3.63) is 42.1 Å². The maximum atomic E-state index is 12.0. The predicted octanol–water partition coefficient (Wildman–Crippen LogP) is 4.04. The quantitative estimate of drug-likeness (QED) is 0.240. The van der Waals surface area contributed by atoms with Crippen LogP contribution in [0.5, 0.6) is 0 Å². The van der Waals surface area contributed by atoms with Gasteiger partial charge in [-0.1, -0.05) is 12.8 Å². The Morgan fingerprint density at radius 3 is 2.91 bits per heavy atom. The summed E-state index contributed by atoms with van der Waals surface area (Å²) in [5, 5.41) is 8.17. The average Bonchev–Trinajstić information content (AvgIpc) is 3.56. The topological polar surface area (TPSA) is 84.9 Å². The zero-order chi connectivity index (χ0) is 21.5. The van der Waals surface area contributed by atoms with Gasteiger partial charge in [0, 0.05) is 38.3 Å². The molecule has 2 aromatic heterocycles. The second-order valence-electron chi connectivity index (χ2n) is 8.33. The van der Waals surface area contributed by atoms with E-state index in [1.807, 2.05) is 29.9 Å². The fourth-order valence-electron chi connectivity index (χ4n) is 4.44. The van der Waals surface area contributed by atoms with Crippen molar-refractivity contribution >= 4 is 35.9 Å². The fourth-order valence-corrected chi connectivity index (χ4v) is 4.44. The van der Waals surface area contributed by atoms with E-state index < -0.39 is 0 Å². The van der Waals surface area contributed by atoms with Crippen molar-refractivity contribution in [1.29, 1.82) is 0 Å². The fraction of sp³-hybridized carbons (Fsp3) is 0.609. The predicted molar refractivity (Wildman–Crippen MR) is 134 cm³/mol. The number of hydrogen-bond donors (Lipinski definition) is 1. The molecule has 32 heavy (non-hydrogen) atoms. The van der Waals surface area contributed by atoms with Crippen LogP contribution in [0.4, 0.5) is 0 Å². The van der Waals surface area contributed by atoms with E-state index in [0.29, 0.717) is 24.8 Å². The third kappa shape index (κ3) is 6.49. The van der Waals surface area contributed by atoms with Crippen LogP contribution in [0.3, 0.4) is 0 Å². The van der Waals surface area contributed by atoms with Crippen LogP contribution in [0.1, 0.15) is 67.6 Å². The van der Waals surface area contributed by atoms with E-state index in [1.54, 1.807) is 12.5 Å². The molecule has 2 aliphatic rings. The molecule has 0 aromatic carbocycles. The highest BCUT2D eigenvalue weighted by Gasteiger charge is 2.27. The van der Waals surface area contributed by atoms with Gasteiger partial charge in [-0.05, 0) is 44.7 Å². The largest absolute Gasteiger partial charge is 0.469 e. The lowest BCUT2D eigenvalue weighted by Gasteiger charge is -2.36. The number of likely N-dealkylation sites (tertiary alicyclic amines) is 1. The molecule has 1 saturated carbocycles. The molecule has 8 nitrogen and oxygen atoms in total. The molecule has 0 spiro atoms. The summed E-state index contributed by atoms with van der Waals surface area (Å²) in [4.78, 5) is 19.3. The molecule has 1 saturated heterocycles. The molecular weight excluding hydrogens is 521 g/mol. The average molecular weight is 555 g/mol. The Morgan fingerprint density at radius 1 is 1.31 bits per heavy atom. The number of nitrogens with zero attached hydrogens (tertiary/aromatic N) is 4. The van der Waals surface area contributed by atoms with Crippen LogP contribution in [0.25, 0.3) is 0 Å². The molecule has 2 fully saturated rings. The molecule has 1 aliphatic heterocycles. The molecule has 0 bridgehead atoms. The molecule has 3 heterocycles. The summed E-state index contributed by atoms with van der Waals surface area (Å²) in [5.74, 6) is 1.63. The van der Waals surface area contributed by atoms with Crippen molar-refractivity contribution in [1.82, 2.24) is 20.0 Å². The van der Waals surface area contributed by atoms with Gasteiger partial charge in [0.15, 0.2) is 5.96 Å². The van der Waals surface area contributed by atoms with E-state index in [0.717, 1.165) is 44.1 Å². The van der Waals surface area contributed by atoms with Gasteiger partial charge < -0.3 is 19.4 Å². The Bertz CT molecular complexity index is 861. The number of carbonyl (C=O) groups excluding carboxylic acids is 1. The van der Waals surface area contributed by atoms with Crippen molar-refractivity contribution in [2.75, 3.05) is 26.2 Å². The lowest BCUT2D eigenvalue weighted by Crippen LogP contribution is -2.49. The van der Waals surface area contributed by atoms with Crippen LogP contribution in [0, 0.1) is 0 Å². The van der Waals surface area contributed by atoms with Crippen molar-refractivity contribution in [2.24, 2.45) is 4.99 Å². The number of aromatic nitrogens is 2. The third-order valence-electron chi connectivity index (χ3n) is 6.07. The number of carbonyl (C=O) groups is 1. The summed E-state index contributed by atoms with van der Waals surface area (Å²) in [5.41, 5.74) is 0.510. The van der Waals surface area contributed by atoms with E-state index in [-0.39, 0.29) is 36.0 Å². The molecular formula is C23H34IN5O3. The zero-order valence-electron chi connectivity index (χ0n) is 18.7. The minimum Gasteiger partial charge on any atom is -0.469 e. The molecule has 4 rings (SSSR count). The number of hydrogen-bond acceptors (Lipinski definition) is 5. The van der Waals surface area contributed by atoms with E-state index in [4.69, 9.17) is 14.1 Å². The van der Waals surface area contributed by atoms with E-state index >= 15 is 0 Å². The monoisotopic (exact) mass is 555 g/mol. The number of esters is 1. The standard InChI is InChI=1S/C23H33N5O3.HI/c1-2-30-22(29)18-15-25-28(16-18)20-9-5-13-27(17-20)23(26-19-7-3-4-8-19)24-12-11-21-10-6-14-31-21;/h6,10,14-16,19-20H,2-5,7-9,11-13,17H2,1H3,(H,24,26);1H. The molecule has 0 radical (unpaired) electrons. The number of ether oxygens (including phenoxy) is 1. The van der Waals surface area contributed by atoms with Gasteiger partial charge >= 0.3 is 5.97 Å². The Kier molecular flexibility index (Phi) is 9.43. The van der Waals surface area contributed by atoms with Gasteiger partial charge in [-0.15, -0.1) is 24.0 Å². The Balaban J connectivity index is 0.00000289. The van der Waals surface area contributed by atoms with E-state index in [9.17, 15) is 4.79 Å². The van der Waals surface area contributed by atoms with Crippen LogP contribution >= 0.6 is 24.0 Å². The van der Waals surface area contributed by atoms with Crippen LogP contribution in [0.15, 0.2) is 40.2 Å². The van der Waals surface area contributed by atoms with Crippen LogP contribution in [-0.4, -0.2) is 58.9 Å². The summed E-state index contributed by atoms with van der Waals surface area (Å²) in [6, 6.07) is 4.62. The zero-order valence-corrected chi connectivity index (χ0v) is 21.1. The lowest BCUT2D eigenvalue weighted by molar-refractivity contribution is 0.0526. The summed E-state index contributed by atoms with van der Waals surface area (Å²) in [7, 11) is 0. The molecule has 1 N–H and O–H groups in total. The second kappa shape index (κ2) is 12.3. The number of furan rings is 1. The van der Waals surface area contributed by atoms with Crippen molar-refractivity contribution in [3.63, 3.8) is 0 Å². The maximum Gasteiger partial charge on any atom is 0.341 e. The maximum absolute atomic E-state index is 12.0. The minimum atomic E-state index is -0.315. The molecule has 1 atom stereocenters. The normalized spacial score (nSPS) is 19.6. The first-order chi connectivity index (χ1) is 15.2. The first-order valence-electron chi connectivity index (χ1n) is 11.5. The number of aliphatic imine (C=N–C) groups is 1. The minimum absolute atomic E-state index is 0. The van der Waals surface area contributed by atoms with Gasteiger partial charge in [-0.25, -0.2) is 4.79 Å². The smallest absolute Gasteiger partial charge is 0.341 e. The van der Waals surface area contributed by atoms with Gasteiger partial charge in [0.2, 0.25) is 0 Å². The number of guanidine groups is 1. The van der Waals surface area contributed by atoms with E-state index in [1.165, 1.54) is 25.7 Å². The summed E-state index contributed by atoms with van der Waals surface area (Å²) in [6.45, 7) is 4.67. The Labute approximate surface area is 206 Å². The second-order valence-corrected chi connectivity index (χ2v) is 8.33. The molecule has 1 aliphatic carbocycles. The van der Waals surface area contributed by atoms with E-state index in [2.05, 4.69) is 15.3 Å². The van der Waals surface area contributed by atoms with Crippen LogP contribution in [0.2, 0.25) is 0 Å². The number of halogens is 1. The molecule has 0 amide bonds. The van der Waals surface area contributed by atoms with Gasteiger partial charge in [-0.3, -0.25) is 9.67 Å². The SMILES string of the molecule is CCOC(=O)c1cnn(C2CCCN(C(=NCCc3ccco3)NC3CCCC3)C2)c1.I. The highest BCUT2D eigenvalue weighted by molar-refractivity contribution is 14.0. The van der Waals surface area contributed by atoms with Gasteiger partial charge in [-0.2, -0.15) is 5.10 Å². The number of rotatable bonds is 7. The Hall–Kier alpha value is -2.04. The van der Waals surface area contributed by atoms with Gasteiger partial charge in [0.05, 0.1) is 30.7 Å². The molecule has 176 valence electrons. The molecule has 1 unspecified atom stereocenters. The lowest BCUT2D eigenvalue weighted by atomic mass is 10.1.